The highest BCUT2D eigenvalue weighted by Crippen LogP contribution is 2.27. The molecule has 2 aromatic heterocycles. The van der Waals surface area contributed by atoms with Crippen LogP contribution in [0.1, 0.15) is 19.4 Å². The molecular weight excluding hydrogens is 428 g/mol. The number of fused-ring (bicyclic) bond motifs is 1. The first-order valence-corrected chi connectivity index (χ1v) is 10.9. The smallest absolute Gasteiger partial charge is 0.336 e. The van der Waals surface area contributed by atoms with Crippen LogP contribution in [0.3, 0.4) is 0 Å². The van der Waals surface area contributed by atoms with Gasteiger partial charge in [-0.15, -0.1) is 11.3 Å². The minimum Gasteiger partial charge on any atom is -0.491 e. The van der Waals surface area contributed by atoms with Crippen molar-refractivity contribution in [1.82, 2.24) is 4.98 Å². The van der Waals surface area contributed by atoms with Crippen LogP contribution in [0, 0.1) is 6.92 Å². The van der Waals surface area contributed by atoms with Crippen molar-refractivity contribution in [3.05, 3.63) is 69.9 Å². The third-order valence-electron chi connectivity index (χ3n) is 4.57. The molecule has 0 aliphatic carbocycles. The van der Waals surface area contributed by atoms with Crippen molar-refractivity contribution in [3.63, 3.8) is 0 Å². The highest BCUT2D eigenvalue weighted by molar-refractivity contribution is 7.14. The van der Waals surface area contributed by atoms with E-state index in [0.717, 1.165) is 28.0 Å². The fourth-order valence-corrected chi connectivity index (χ4v) is 3.88. The van der Waals surface area contributed by atoms with E-state index in [1.54, 1.807) is 18.2 Å². The van der Waals surface area contributed by atoms with Gasteiger partial charge in [0, 0.05) is 28.5 Å². The van der Waals surface area contributed by atoms with Crippen molar-refractivity contribution in [3.8, 4) is 22.8 Å². The number of hydrogen-bond donors (Lipinski definition) is 1. The summed E-state index contributed by atoms with van der Waals surface area (Å²) >= 11 is 1.33. The summed E-state index contributed by atoms with van der Waals surface area (Å²) in [6, 6.07) is 14.2. The number of benzene rings is 2. The molecule has 8 heteroatoms. The van der Waals surface area contributed by atoms with E-state index in [0.29, 0.717) is 16.5 Å². The zero-order valence-corrected chi connectivity index (χ0v) is 18.7. The number of anilines is 1. The van der Waals surface area contributed by atoms with Gasteiger partial charge in [0.25, 0.3) is 5.91 Å². The summed E-state index contributed by atoms with van der Waals surface area (Å²) in [7, 11) is 0. The molecule has 0 atom stereocenters. The number of thiazole rings is 1. The third-order valence-corrected chi connectivity index (χ3v) is 5.32. The lowest BCUT2D eigenvalue weighted by Crippen LogP contribution is -2.20. The van der Waals surface area contributed by atoms with Crippen LogP contribution in [0.5, 0.6) is 11.5 Å². The van der Waals surface area contributed by atoms with Gasteiger partial charge in [-0.05, 0) is 62.7 Å². The number of ether oxygens (including phenoxy) is 2. The average Bonchev–Trinajstić information content (AvgIpc) is 3.20. The van der Waals surface area contributed by atoms with Gasteiger partial charge in [0.05, 0.1) is 11.8 Å². The van der Waals surface area contributed by atoms with Crippen molar-refractivity contribution in [2.75, 3.05) is 11.9 Å². The lowest BCUT2D eigenvalue weighted by atomic mass is 10.1. The van der Waals surface area contributed by atoms with Crippen LogP contribution >= 0.6 is 11.3 Å². The first-order chi connectivity index (χ1) is 15.4. The Kier molecular flexibility index (Phi) is 6.23. The van der Waals surface area contributed by atoms with Gasteiger partial charge in [0.15, 0.2) is 11.7 Å². The zero-order valence-electron chi connectivity index (χ0n) is 17.9. The van der Waals surface area contributed by atoms with E-state index >= 15 is 0 Å². The Bertz CT molecular complexity index is 1310. The molecule has 164 valence electrons. The molecular formula is C24H22N2O5S. The van der Waals surface area contributed by atoms with Gasteiger partial charge < -0.3 is 13.9 Å². The highest BCUT2D eigenvalue weighted by atomic mass is 32.1. The zero-order chi connectivity index (χ0) is 22.7. The Morgan fingerprint density at radius 2 is 1.88 bits per heavy atom. The van der Waals surface area contributed by atoms with Gasteiger partial charge in [-0.2, -0.15) is 0 Å². The lowest BCUT2D eigenvalue weighted by Gasteiger charge is -2.09. The quantitative estimate of drug-likeness (QED) is 0.397. The van der Waals surface area contributed by atoms with Crippen molar-refractivity contribution in [2.24, 2.45) is 0 Å². The second-order valence-corrected chi connectivity index (χ2v) is 8.33. The fourth-order valence-electron chi connectivity index (χ4n) is 3.14. The number of rotatable bonds is 7. The number of aryl methyl sites for hydroxylation is 1. The first kappa shape index (κ1) is 21.6. The minimum atomic E-state index is -0.424. The Hall–Kier alpha value is -3.65. The maximum atomic E-state index is 12.3. The second kappa shape index (κ2) is 9.23. The average molecular weight is 451 g/mol. The SMILES string of the molecule is Cc1cc(=O)oc2cc(OCC(=O)Nc3nc(-c4ccc(OC(C)C)cc4)cs3)ccc12. The molecule has 0 spiro atoms. The number of nitrogens with zero attached hydrogens (tertiary/aromatic N) is 1. The summed E-state index contributed by atoms with van der Waals surface area (Å²) in [5, 5.41) is 5.92. The van der Waals surface area contributed by atoms with Gasteiger partial charge in [-0.25, -0.2) is 9.78 Å². The number of aromatic nitrogens is 1. The largest absolute Gasteiger partial charge is 0.491 e. The standard InChI is InChI=1S/C24H22N2O5S/c1-14(2)30-17-6-4-16(5-7-17)20-13-32-24(25-20)26-22(27)12-29-18-8-9-19-15(3)10-23(28)31-21(19)11-18/h4-11,13-14H,12H2,1-3H3,(H,25,26,27). The fraction of sp³-hybridized carbons (Fsp3) is 0.208. The van der Waals surface area contributed by atoms with E-state index in [9.17, 15) is 9.59 Å². The minimum absolute atomic E-state index is 0.112. The van der Waals surface area contributed by atoms with Gasteiger partial charge >= 0.3 is 5.63 Å². The topological polar surface area (TPSA) is 90.7 Å². The first-order valence-electron chi connectivity index (χ1n) is 10.1. The number of carbonyl (C=O) groups is 1. The maximum Gasteiger partial charge on any atom is 0.336 e. The lowest BCUT2D eigenvalue weighted by molar-refractivity contribution is -0.118. The molecule has 32 heavy (non-hydrogen) atoms. The van der Waals surface area contributed by atoms with E-state index in [1.807, 2.05) is 50.4 Å². The molecule has 0 saturated heterocycles. The van der Waals surface area contributed by atoms with Crippen LogP contribution in [-0.4, -0.2) is 23.6 Å². The van der Waals surface area contributed by atoms with Crippen molar-refractivity contribution in [2.45, 2.75) is 26.9 Å². The Balaban J connectivity index is 1.36. The predicted molar refractivity (Wildman–Crippen MR) is 125 cm³/mol. The maximum absolute atomic E-state index is 12.3. The summed E-state index contributed by atoms with van der Waals surface area (Å²) in [4.78, 5) is 28.3. The van der Waals surface area contributed by atoms with E-state index in [4.69, 9.17) is 13.9 Å². The van der Waals surface area contributed by atoms with Crippen LogP contribution < -0.4 is 20.4 Å². The summed E-state index contributed by atoms with van der Waals surface area (Å²) in [6.45, 7) is 5.60. The van der Waals surface area contributed by atoms with Gasteiger partial charge in [-0.1, -0.05) is 0 Å². The molecule has 4 rings (SSSR count). The molecule has 1 N–H and O–H groups in total. The van der Waals surface area contributed by atoms with Gasteiger partial charge in [-0.3, -0.25) is 10.1 Å². The monoisotopic (exact) mass is 450 g/mol. The van der Waals surface area contributed by atoms with Crippen LogP contribution in [0.25, 0.3) is 22.2 Å². The van der Waals surface area contributed by atoms with E-state index < -0.39 is 5.63 Å². The summed E-state index contributed by atoms with van der Waals surface area (Å²) < 4.78 is 16.4. The van der Waals surface area contributed by atoms with Crippen LogP contribution in [0.15, 0.2) is 63.1 Å². The molecule has 0 fully saturated rings. The molecule has 4 aromatic rings. The Morgan fingerprint density at radius 1 is 1.12 bits per heavy atom. The molecule has 2 aromatic carbocycles. The predicted octanol–water partition coefficient (Wildman–Crippen LogP) is 5.03. The molecule has 0 unspecified atom stereocenters. The van der Waals surface area contributed by atoms with E-state index in [1.165, 1.54) is 17.4 Å². The van der Waals surface area contributed by atoms with Crippen molar-refractivity contribution < 1.29 is 18.7 Å². The molecule has 2 heterocycles. The number of carbonyl (C=O) groups excluding carboxylic acids is 1. The van der Waals surface area contributed by atoms with Gasteiger partial charge in [0.2, 0.25) is 0 Å². The molecule has 0 radical (unpaired) electrons. The molecule has 7 nitrogen and oxygen atoms in total. The van der Waals surface area contributed by atoms with Crippen molar-refractivity contribution in [1.29, 1.82) is 0 Å². The van der Waals surface area contributed by atoms with Gasteiger partial charge in [0.1, 0.15) is 17.1 Å². The third kappa shape index (κ3) is 5.15. The Morgan fingerprint density at radius 3 is 2.62 bits per heavy atom. The number of hydrogen-bond acceptors (Lipinski definition) is 7. The number of nitrogens with one attached hydrogen (secondary N) is 1. The van der Waals surface area contributed by atoms with E-state index in [-0.39, 0.29) is 18.6 Å². The summed E-state index contributed by atoms with van der Waals surface area (Å²) in [5.74, 6) is 0.898. The normalized spacial score (nSPS) is 11.0. The molecule has 0 saturated carbocycles. The van der Waals surface area contributed by atoms with Crippen LogP contribution in [-0.2, 0) is 4.79 Å². The molecule has 0 aliphatic rings. The highest BCUT2D eigenvalue weighted by Gasteiger charge is 2.10. The number of amides is 1. The van der Waals surface area contributed by atoms with Crippen LogP contribution in [0.2, 0.25) is 0 Å². The molecule has 0 bridgehead atoms. The van der Waals surface area contributed by atoms with Crippen molar-refractivity contribution >= 4 is 33.3 Å². The second-order valence-electron chi connectivity index (χ2n) is 7.47. The molecule has 1 amide bonds. The summed E-state index contributed by atoms with van der Waals surface area (Å²) in [6.07, 6.45) is 0.112. The summed E-state index contributed by atoms with van der Waals surface area (Å²) in [5.41, 5.74) is 2.51. The Labute approximate surface area is 188 Å². The molecule has 0 aliphatic heterocycles. The van der Waals surface area contributed by atoms with Crippen LogP contribution in [0.4, 0.5) is 5.13 Å². The van der Waals surface area contributed by atoms with E-state index in [2.05, 4.69) is 10.3 Å².